The molecule has 0 aliphatic heterocycles. The lowest BCUT2D eigenvalue weighted by Gasteiger charge is -2.28. The summed E-state index contributed by atoms with van der Waals surface area (Å²) in [5.74, 6) is -6.07. The summed E-state index contributed by atoms with van der Waals surface area (Å²) in [6.45, 7) is 6.02. The second-order valence-corrected chi connectivity index (χ2v) is 13.3. The van der Waals surface area contributed by atoms with Crippen LogP contribution in [-0.2, 0) is 46.4 Å². The van der Waals surface area contributed by atoms with E-state index in [1.54, 1.807) is 13.8 Å². The molecule has 0 aromatic carbocycles. The predicted octanol–water partition coefficient (Wildman–Crippen LogP) is -3.55. The minimum Gasteiger partial charge on any atom is -0.480 e. The van der Waals surface area contributed by atoms with Crippen molar-refractivity contribution >= 4 is 41.4 Å². The largest absolute Gasteiger partial charge is 0.480 e. The number of imidazole rings is 2. The smallest absolute Gasteiger partial charge is 0.326 e. The van der Waals surface area contributed by atoms with Crippen molar-refractivity contribution in [3.8, 4) is 0 Å². The normalized spacial score (nSPS) is 15.0. The maximum atomic E-state index is 13.5. The van der Waals surface area contributed by atoms with E-state index in [0.717, 1.165) is 0 Å². The summed E-state index contributed by atoms with van der Waals surface area (Å²) in [6.07, 6.45) is 5.38. The molecule has 7 atom stereocenters. The molecule has 0 spiro atoms. The van der Waals surface area contributed by atoms with E-state index >= 15 is 0 Å². The summed E-state index contributed by atoms with van der Waals surface area (Å²) in [4.78, 5) is 103. The van der Waals surface area contributed by atoms with E-state index in [2.05, 4.69) is 51.8 Å². The molecule has 54 heavy (non-hydrogen) atoms. The molecule has 21 heteroatoms. The van der Waals surface area contributed by atoms with Crippen molar-refractivity contribution in [2.75, 3.05) is 13.1 Å². The van der Waals surface area contributed by atoms with Gasteiger partial charge >= 0.3 is 5.97 Å². The van der Waals surface area contributed by atoms with Crippen molar-refractivity contribution in [1.82, 2.24) is 51.8 Å². The van der Waals surface area contributed by atoms with Crippen molar-refractivity contribution in [3.05, 3.63) is 36.4 Å². The van der Waals surface area contributed by atoms with Gasteiger partial charge < -0.3 is 63.5 Å². The number of amides is 6. The van der Waals surface area contributed by atoms with E-state index in [4.69, 9.17) is 11.5 Å². The Morgan fingerprint density at radius 1 is 0.741 bits per heavy atom. The maximum absolute atomic E-state index is 13.5. The van der Waals surface area contributed by atoms with Crippen LogP contribution in [0.1, 0.15) is 64.8 Å². The monoisotopic (exact) mass is 762 g/mol. The van der Waals surface area contributed by atoms with Gasteiger partial charge in [0, 0.05) is 36.6 Å². The fourth-order valence-electron chi connectivity index (χ4n) is 5.15. The maximum Gasteiger partial charge on any atom is 0.326 e. The van der Waals surface area contributed by atoms with Gasteiger partial charge in [-0.3, -0.25) is 28.8 Å². The summed E-state index contributed by atoms with van der Waals surface area (Å²) in [5, 5.41) is 35.0. The number of carboxylic acid groups (broad SMARTS) is 1. The number of aromatic nitrogens is 4. The number of rotatable bonds is 24. The molecule has 0 fully saturated rings. The lowest BCUT2D eigenvalue weighted by atomic mass is 10.0. The van der Waals surface area contributed by atoms with Crippen molar-refractivity contribution in [1.29, 1.82) is 0 Å². The highest BCUT2D eigenvalue weighted by Crippen LogP contribution is 2.09. The minimum atomic E-state index is -1.59. The summed E-state index contributed by atoms with van der Waals surface area (Å²) < 4.78 is 0. The first-order chi connectivity index (χ1) is 25.5. The first-order valence-electron chi connectivity index (χ1n) is 17.6. The number of carboxylic acids is 1. The van der Waals surface area contributed by atoms with Gasteiger partial charge in [0.05, 0.1) is 31.3 Å². The van der Waals surface area contributed by atoms with Gasteiger partial charge in [-0.1, -0.05) is 13.8 Å². The molecule has 2 heterocycles. The molecule has 0 saturated heterocycles. The van der Waals surface area contributed by atoms with Crippen LogP contribution in [0.2, 0.25) is 0 Å². The first kappa shape index (κ1) is 44.7. The molecular weight excluding hydrogens is 708 g/mol. The van der Waals surface area contributed by atoms with Gasteiger partial charge in [-0.25, -0.2) is 14.8 Å². The van der Waals surface area contributed by atoms with Crippen molar-refractivity contribution in [3.63, 3.8) is 0 Å². The molecule has 0 saturated carbocycles. The van der Waals surface area contributed by atoms with Crippen molar-refractivity contribution in [2.45, 2.75) is 109 Å². The van der Waals surface area contributed by atoms with Crippen LogP contribution < -0.4 is 43.4 Å². The molecule has 2 aromatic rings. The van der Waals surface area contributed by atoms with E-state index in [0.29, 0.717) is 30.8 Å². The third-order valence-corrected chi connectivity index (χ3v) is 8.10. The molecule has 0 bridgehead atoms. The van der Waals surface area contributed by atoms with Gasteiger partial charge in [0.25, 0.3) is 0 Å². The Hall–Kier alpha value is -5.41. The number of aliphatic hydroxyl groups is 1. The Morgan fingerprint density at radius 2 is 1.31 bits per heavy atom. The third kappa shape index (κ3) is 15.7. The minimum absolute atomic E-state index is 0.0724. The molecular formula is C33H54N12O9. The molecule has 2 aromatic heterocycles. The number of aromatic amines is 2. The number of hydrogen-bond donors (Lipinski definition) is 12. The zero-order chi connectivity index (χ0) is 40.4. The van der Waals surface area contributed by atoms with Crippen LogP contribution in [0.4, 0.5) is 0 Å². The fourth-order valence-corrected chi connectivity index (χ4v) is 5.15. The van der Waals surface area contributed by atoms with E-state index in [1.165, 1.54) is 38.9 Å². The van der Waals surface area contributed by atoms with E-state index in [1.807, 2.05) is 0 Å². The summed E-state index contributed by atoms with van der Waals surface area (Å²) >= 11 is 0. The lowest BCUT2D eigenvalue weighted by Crippen LogP contribution is -2.61. The number of H-pyrrole nitrogens is 2. The highest BCUT2D eigenvalue weighted by atomic mass is 16.4. The Bertz CT molecular complexity index is 1520. The third-order valence-electron chi connectivity index (χ3n) is 8.10. The summed E-state index contributed by atoms with van der Waals surface area (Å²) in [7, 11) is 0. The number of carbonyl (C=O) groups excluding carboxylic acids is 6. The van der Waals surface area contributed by atoms with Gasteiger partial charge in [-0.2, -0.15) is 0 Å². The topological polar surface area (TPSA) is 342 Å². The van der Waals surface area contributed by atoms with E-state index < -0.39 is 90.3 Å². The van der Waals surface area contributed by atoms with Crippen LogP contribution in [-0.4, -0.2) is 127 Å². The predicted molar refractivity (Wildman–Crippen MR) is 193 cm³/mol. The summed E-state index contributed by atoms with van der Waals surface area (Å²) in [5.41, 5.74) is 12.5. The highest BCUT2D eigenvalue weighted by Gasteiger charge is 2.34. The van der Waals surface area contributed by atoms with Crippen LogP contribution in [0.15, 0.2) is 25.0 Å². The highest BCUT2D eigenvalue weighted by molar-refractivity contribution is 5.96. The fraction of sp³-hybridized carbons (Fsp3) is 0.606. The average molecular weight is 763 g/mol. The van der Waals surface area contributed by atoms with Crippen molar-refractivity contribution < 1.29 is 43.8 Å². The number of nitrogens with two attached hydrogens (primary N) is 2. The van der Waals surface area contributed by atoms with Crippen LogP contribution in [0.5, 0.6) is 0 Å². The standard InChI is InChI=1S/C33H54N12O9/c1-17(2)9-24(43-28(48)18(3)41-26(47)14-38-29(49)22(35)10-20-12-36-15-39-20)31(51)45-27(19(4)46)32(52)42-23(7-5-6-8-34)30(50)44-25(33(53)54)11-21-13-37-16-40-21/h12-13,15-19,22-25,27,46H,5-11,14,34-35H2,1-4H3,(H,36,39)(H,37,40)(H,38,49)(H,41,47)(H,42,52)(H,43,48)(H,44,50)(H,45,51)(H,53,54)/t18-,19+,22-,23-,24-,25-,27-/m0/s1. The molecule has 300 valence electrons. The average Bonchev–Trinajstić information content (AvgIpc) is 3.82. The van der Waals surface area contributed by atoms with Crippen LogP contribution in [0, 0.1) is 5.92 Å². The van der Waals surface area contributed by atoms with Gasteiger partial charge in [0.1, 0.15) is 30.2 Å². The van der Waals surface area contributed by atoms with E-state index in [-0.39, 0.29) is 31.6 Å². The number of nitrogens with one attached hydrogen (secondary N) is 8. The van der Waals surface area contributed by atoms with Gasteiger partial charge in [-0.15, -0.1) is 0 Å². The Balaban J connectivity index is 2.06. The molecule has 14 N–H and O–H groups in total. The molecule has 0 radical (unpaired) electrons. The van der Waals surface area contributed by atoms with Gasteiger partial charge in [0.2, 0.25) is 35.4 Å². The molecule has 0 aliphatic rings. The molecule has 2 rings (SSSR count). The van der Waals surface area contributed by atoms with Crippen LogP contribution in [0.25, 0.3) is 0 Å². The molecule has 0 aliphatic carbocycles. The Labute approximate surface area is 312 Å². The zero-order valence-electron chi connectivity index (χ0n) is 30.9. The summed E-state index contributed by atoms with van der Waals surface area (Å²) in [6, 6.07) is -7.52. The quantitative estimate of drug-likeness (QED) is 0.0462. The number of carbonyl (C=O) groups is 7. The van der Waals surface area contributed by atoms with Gasteiger partial charge in [-0.05, 0) is 52.0 Å². The molecule has 21 nitrogen and oxygen atoms in total. The van der Waals surface area contributed by atoms with Crippen molar-refractivity contribution in [2.24, 2.45) is 17.4 Å². The van der Waals surface area contributed by atoms with Crippen LogP contribution in [0.3, 0.4) is 0 Å². The number of aliphatic carboxylic acids is 1. The lowest BCUT2D eigenvalue weighted by molar-refractivity contribution is -0.142. The second kappa shape index (κ2) is 22.6. The Kier molecular flexibility index (Phi) is 18.7. The van der Waals surface area contributed by atoms with E-state index in [9.17, 15) is 43.8 Å². The zero-order valence-corrected chi connectivity index (χ0v) is 30.9. The SMILES string of the molecule is CC(C)C[C@H](NC(=O)[C@H](C)NC(=O)CNC(=O)[C@@H](N)Cc1cnc[nH]1)C(=O)N[C@H](C(=O)N[C@@H](CCCCN)C(=O)N[C@@H](Cc1cnc[nH]1)C(=O)O)[C@@H](C)O. The van der Waals surface area contributed by atoms with Crippen LogP contribution >= 0.6 is 0 Å². The molecule has 0 unspecified atom stereocenters. The van der Waals surface area contributed by atoms with Gasteiger partial charge in [0.15, 0.2) is 0 Å². The number of unbranched alkanes of at least 4 members (excludes halogenated alkanes) is 1. The Morgan fingerprint density at radius 3 is 1.85 bits per heavy atom. The first-order valence-corrected chi connectivity index (χ1v) is 17.6. The molecule has 6 amide bonds. The number of nitrogens with zero attached hydrogens (tertiary/aromatic N) is 2. The number of aliphatic hydroxyl groups excluding tert-OH is 1. The second-order valence-electron chi connectivity index (χ2n) is 13.3. The number of hydrogen-bond acceptors (Lipinski definition) is 12.